The summed E-state index contributed by atoms with van der Waals surface area (Å²) in [6.45, 7) is 3.75. The van der Waals surface area contributed by atoms with Crippen molar-refractivity contribution in [3.8, 4) is 0 Å². The zero-order valence-corrected chi connectivity index (χ0v) is 14.8. The summed E-state index contributed by atoms with van der Waals surface area (Å²) in [6, 6.07) is 7.15. The summed E-state index contributed by atoms with van der Waals surface area (Å²) in [6.07, 6.45) is 1.95. The first-order chi connectivity index (χ1) is 11.4. The van der Waals surface area contributed by atoms with E-state index in [1.54, 1.807) is 12.1 Å². The van der Waals surface area contributed by atoms with Gasteiger partial charge in [0.25, 0.3) is 5.56 Å². The summed E-state index contributed by atoms with van der Waals surface area (Å²) in [5.74, 6) is -1.00. The molecule has 0 fully saturated rings. The van der Waals surface area contributed by atoms with Crippen molar-refractivity contribution in [2.45, 2.75) is 26.3 Å². The van der Waals surface area contributed by atoms with Gasteiger partial charge in [-0.25, -0.2) is 13.8 Å². The Morgan fingerprint density at radius 3 is 2.71 bits per heavy atom. The molecular formula is C18H15BrF2N2O. The molecule has 0 saturated heterocycles. The number of hydrogen-bond donors (Lipinski definition) is 0. The van der Waals surface area contributed by atoms with Gasteiger partial charge in [0.05, 0.1) is 22.4 Å². The van der Waals surface area contributed by atoms with Crippen LogP contribution in [0, 0.1) is 18.6 Å². The molecule has 0 aliphatic heterocycles. The molecule has 0 radical (unpaired) electrons. The van der Waals surface area contributed by atoms with Crippen LogP contribution in [0.3, 0.4) is 0 Å². The molecule has 24 heavy (non-hydrogen) atoms. The Bertz CT molecular complexity index is 985. The van der Waals surface area contributed by atoms with Crippen molar-refractivity contribution >= 4 is 26.8 Å². The molecule has 1 aromatic heterocycles. The number of aromatic nitrogens is 2. The number of benzene rings is 2. The van der Waals surface area contributed by atoms with E-state index < -0.39 is 17.4 Å². The Kier molecular flexibility index (Phi) is 4.49. The van der Waals surface area contributed by atoms with E-state index in [2.05, 4.69) is 20.9 Å². The maximum Gasteiger partial charge on any atom is 0.264 e. The van der Waals surface area contributed by atoms with Gasteiger partial charge in [-0.2, -0.15) is 0 Å². The molecule has 3 rings (SSSR count). The second-order valence-corrected chi connectivity index (χ2v) is 6.49. The molecule has 0 amide bonds. The van der Waals surface area contributed by atoms with Crippen molar-refractivity contribution in [2.24, 2.45) is 0 Å². The standard InChI is InChI=1S/C18H15BrF2N2O/c1-3-15(12-8-11(20)5-4-10(12)2)23-9-22-14-7-6-13(19)17(21)16(14)18(23)24/h4-9,15H,3H2,1-2H3. The second-order valence-electron chi connectivity index (χ2n) is 5.64. The molecule has 0 aliphatic carbocycles. The molecule has 1 heterocycles. The van der Waals surface area contributed by atoms with Gasteiger partial charge < -0.3 is 0 Å². The van der Waals surface area contributed by atoms with Crippen LogP contribution in [0.5, 0.6) is 0 Å². The predicted molar refractivity (Wildman–Crippen MR) is 93.2 cm³/mol. The highest BCUT2D eigenvalue weighted by atomic mass is 79.9. The smallest absolute Gasteiger partial charge is 0.264 e. The molecule has 1 unspecified atom stereocenters. The molecule has 124 valence electrons. The summed E-state index contributed by atoms with van der Waals surface area (Å²) in [5, 5.41) is -0.0700. The van der Waals surface area contributed by atoms with Crippen LogP contribution in [0.4, 0.5) is 8.78 Å². The number of rotatable bonds is 3. The van der Waals surface area contributed by atoms with Crippen LogP contribution in [-0.2, 0) is 0 Å². The lowest BCUT2D eigenvalue weighted by Crippen LogP contribution is -2.27. The van der Waals surface area contributed by atoms with Gasteiger partial charge in [0.1, 0.15) is 11.2 Å². The van der Waals surface area contributed by atoms with Gasteiger partial charge in [-0.3, -0.25) is 9.36 Å². The van der Waals surface area contributed by atoms with Crippen LogP contribution in [0.1, 0.15) is 30.5 Å². The second kappa shape index (κ2) is 6.43. The molecule has 0 aliphatic rings. The highest BCUT2D eigenvalue weighted by Crippen LogP contribution is 2.26. The number of hydrogen-bond acceptors (Lipinski definition) is 2. The Morgan fingerprint density at radius 1 is 1.25 bits per heavy atom. The number of nitrogens with zero attached hydrogens (tertiary/aromatic N) is 2. The van der Waals surface area contributed by atoms with Crippen molar-refractivity contribution in [1.29, 1.82) is 0 Å². The summed E-state index contributed by atoms with van der Waals surface area (Å²) in [4.78, 5) is 17.0. The first-order valence-electron chi connectivity index (χ1n) is 7.55. The van der Waals surface area contributed by atoms with Crippen molar-refractivity contribution in [2.75, 3.05) is 0 Å². The number of fused-ring (bicyclic) bond motifs is 1. The zero-order chi connectivity index (χ0) is 17.4. The quantitative estimate of drug-likeness (QED) is 0.644. The van der Waals surface area contributed by atoms with Gasteiger partial charge in [-0.05, 0) is 64.7 Å². The van der Waals surface area contributed by atoms with E-state index in [9.17, 15) is 13.6 Å². The average Bonchev–Trinajstić information content (AvgIpc) is 2.56. The van der Waals surface area contributed by atoms with E-state index >= 15 is 0 Å². The third-order valence-electron chi connectivity index (χ3n) is 4.17. The van der Waals surface area contributed by atoms with E-state index in [1.807, 2.05) is 13.8 Å². The molecular weight excluding hydrogens is 378 g/mol. The van der Waals surface area contributed by atoms with Crippen molar-refractivity contribution < 1.29 is 8.78 Å². The Balaban J connectivity index is 2.28. The van der Waals surface area contributed by atoms with Crippen LogP contribution in [0.15, 0.2) is 45.9 Å². The lowest BCUT2D eigenvalue weighted by molar-refractivity contribution is 0.532. The Hall–Kier alpha value is -2.08. The molecule has 0 N–H and O–H groups in total. The fourth-order valence-corrected chi connectivity index (χ4v) is 3.25. The summed E-state index contributed by atoms with van der Waals surface area (Å²) >= 11 is 3.09. The molecule has 3 aromatic rings. The molecule has 0 bridgehead atoms. The molecule has 0 spiro atoms. The average molecular weight is 393 g/mol. The first-order valence-corrected chi connectivity index (χ1v) is 8.34. The lowest BCUT2D eigenvalue weighted by Gasteiger charge is -2.21. The van der Waals surface area contributed by atoms with E-state index in [0.717, 1.165) is 5.56 Å². The highest BCUT2D eigenvalue weighted by molar-refractivity contribution is 9.10. The summed E-state index contributed by atoms with van der Waals surface area (Å²) in [7, 11) is 0. The molecule has 3 nitrogen and oxygen atoms in total. The van der Waals surface area contributed by atoms with Gasteiger partial charge in [-0.15, -0.1) is 0 Å². The van der Waals surface area contributed by atoms with Gasteiger partial charge >= 0.3 is 0 Å². The number of halogens is 3. The fraction of sp³-hybridized carbons (Fsp3) is 0.222. The maximum absolute atomic E-state index is 14.4. The molecule has 1 atom stereocenters. The van der Waals surface area contributed by atoms with Gasteiger partial charge in [0.2, 0.25) is 0 Å². The third kappa shape index (κ3) is 2.75. The minimum atomic E-state index is -0.634. The summed E-state index contributed by atoms with van der Waals surface area (Å²) < 4.78 is 29.6. The van der Waals surface area contributed by atoms with Crippen LogP contribution < -0.4 is 5.56 Å². The lowest BCUT2D eigenvalue weighted by atomic mass is 9.98. The highest BCUT2D eigenvalue weighted by Gasteiger charge is 2.19. The Labute approximate surface area is 146 Å². The number of aryl methyl sites for hydroxylation is 1. The van der Waals surface area contributed by atoms with Crippen molar-refractivity contribution in [3.05, 3.63) is 74.2 Å². The van der Waals surface area contributed by atoms with E-state index in [-0.39, 0.29) is 15.7 Å². The van der Waals surface area contributed by atoms with E-state index in [1.165, 1.54) is 29.1 Å². The first kappa shape index (κ1) is 16.8. The molecule has 6 heteroatoms. The largest absolute Gasteiger partial charge is 0.291 e. The topological polar surface area (TPSA) is 34.9 Å². The minimum Gasteiger partial charge on any atom is -0.291 e. The predicted octanol–water partition coefficient (Wildman–Crippen LogP) is 4.75. The summed E-state index contributed by atoms with van der Waals surface area (Å²) in [5.41, 5.74) is 1.37. The van der Waals surface area contributed by atoms with E-state index in [0.29, 0.717) is 17.5 Å². The van der Waals surface area contributed by atoms with Crippen LogP contribution in [0.25, 0.3) is 10.9 Å². The maximum atomic E-state index is 14.4. The van der Waals surface area contributed by atoms with Crippen LogP contribution in [0.2, 0.25) is 0 Å². The molecule has 0 saturated carbocycles. The van der Waals surface area contributed by atoms with Crippen LogP contribution >= 0.6 is 15.9 Å². The van der Waals surface area contributed by atoms with Gasteiger partial charge in [-0.1, -0.05) is 13.0 Å². The van der Waals surface area contributed by atoms with Crippen LogP contribution in [-0.4, -0.2) is 9.55 Å². The monoisotopic (exact) mass is 392 g/mol. The SMILES string of the molecule is CCC(c1cc(F)ccc1C)n1cnc2ccc(Br)c(F)c2c1=O. The Morgan fingerprint density at radius 2 is 2.00 bits per heavy atom. The minimum absolute atomic E-state index is 0.0700. The van der Waals surface area contributed by atoms with Crippen molar-refractivity contribution in [3.63, 3.8) is 0 Å². The third-order valence-corrected chi connectivity index (χ3v) is 4.78. The fourth-order valence-electron chi connectivity index (χ4n) is 2.92. The van der Waals surface area contributed by atoms with E-state index in [4.69, 9.17) is 0 Å². The zero-order valence-electron chi connectivity index (χ0n) is 13.2. The van der Waals surface area contributed by atoms with Crippen molar-refractivity contribution in [1.82, 2.24) is 9.55 Å². The van der Waals surface area contributed by atoms with Gasteiger partial charge in [0, 0.05) is 0 Å². The molecule has 2 aromatic carbocycles. The normalized spacial score (nSPS) is 12.5. The van der Waals surface area contributed by atoms with Gasteiger partial charge in [0.15, 0.2) is 5.82 Å².